The molecule has 2 rings (SSSR count). The standard InChI is InChI=1S/C11H18N2O/c1-5-9-6-11(9,14)10-7(2)12-13(4)8(10)3/h9,14H,5-6H2,1-4H3. The van der Waals surface area contributed by atoms with E-state index in [-0.39, 0.29) is 0 Å². The highest BCUT2D eigenvalue weighted by molar-refractivity contribution is 5.36. The van der Waals surface area contributed by atoms with Crippen LogP contribution in [0.15, 0.2) is 0 Å². The minimum Gasteiger partial charge on any atom is -0.385 e. The van der Waals surface area contributed by atoms with Crippen LogP contribution < -0.4 is 0 Å². The Morgan fingerprint density at radius 1 is 1.57 bits per heavy atom. The molecular weight excluding hydrogens is 176 g/mol. The summed E-state index contributed by atoms with van der Waals surface area (Å²) in [6.45, 7) is 6.13. The van der Waals surface area contributed by atoms with Gasteiger partial charge in [0.15, 0.2) is 0 Å². The summed E-state index contributed by atoms with van der Waals surface area (Å²) in [6.07, 6.45) is 1.95. The van der Waals surface area contributed by atoms with Gasteiger partial charge >= 0.3 is 0 Å². The second-order valence-electron chi connectivity index (χ2n) is 4.40. The van der Waals surface area contributed by atoms with E-state index in [1.165, 1.54) is 0 Å². The predicted molar refractivity (Wildman–Crippen MR) is 55.0 cm³/mol. The summed E-state index contributed by atoms with van der Waals surface area (Å²) in [5.41, 5.74) is 2.56. The van der Waals surface area contributed by atoms with Gasteiger partial charge in [-0.15, -0.1) is 0 Å². The van der Waals surface area contributed by atoms with Crippen molar-refractivity contribution in [3.05, 3.63) is 17.0 Å². The number of aromatic nitrogens is 2. The van der Waals surface area contributed by atoms with Crippen LogP contribution in [-0.2, 0) is 12.6 Å². The Hall–Kier alpha value is -0.830. The third-order valence-electron chi connectivity index (χ3n) is 3.51. The number of hydrogen-bond acceptors (Lipinski definition) is 2. The first-order chi connectivity index (χ1) is 6.50. The van der Waals surface area contributed by atoms with Crippen molar-refractivity contribution in [3.8, 4) is 0 Å². The summed E-state index contributed by atoms with van der Waals surface area (Å²) in [4.78, 5) is 0. The van der Waals surface area contributed by atoms with Gasteiger partial charge in [-0.2, -0.15) is 5.10 Å². The minimum absolute atomic E-state index is 0.434. The summed E-state index contributed by atoms with van der Waals surface area (Å²) >= 11 is 0. The van der Waals surface area contributed by atoms with E-state index in [1.54, 1.807) is 0 Å². The van der Waals surface area contributed by atoms with Crippen molar-refractivity contribution in [1.29, 1.82) is 0 Å². The normalized spacial score (nSPS) is 30.8. The fourth-order valence-corrected chi connectivity index (χ4v) is 2.51. The lowest BCUT2D eigenvalue weighted by molar-refractivity contribution is 0.129. The molecule has 1 aromatic heterocycles. The maximum absolute atomic E-state index is 10.4. The van der Waals surface area contributed by atoms with Gasteiger partial charge < -0.3 is 5.11 Å². The van der Waals surface area contributed by atoms with Crippen LogP contribution in [0.2, 0.25) is 0 Å². The van der Waals surface area contributed by atoms with Gasteiger partial charge in [-0.25, -0.2) is 0 Å². The highest BCUT2D eigenvalue weighted by atomic mass is 16.3. The molecule has 1 aliphatic rings. The lowest BCUT2D eigenvalue weighted by atomic mass is 10.0. The molecule has 1 fully saturated rings. The average Bonchev–Trinajstić information content (AvgIpc) is 2.69. The Morgan fingerprint density at radius 3 is 2.57 bits per heavy atom. The number of aliphatic hydroxyl groups is 1. The van der Waals surface area contributed by atoms with Gasteiger partial charge in [0.05, 0.1) is 11.3 Å². The second-order valence-corrected chi connectivity index (χ2v) is 4.40. The van der Waals surface area contributed by atoms with Gasteiger partial charge in [0.25, 0.3) is 0 Å². The van der Waals surface area contributed by atoms with Crippen LogP contribution in [0.4, 0.5) is 0 Å². The summed E-state index contributed by atoms with van der Waals surface area (Å²) < 4.78 is 1.85. The Balaban J connectivity index is 2.43. The molecule has 14 heavy (non-hydrogen) atoms. The van der Waals surface area contributed by atoms with Crippen molar-refractivity contribution in [1.82, 2.24) is 9.78 Å². The smallest absolute Gasteiger partial charge is 0.0965 e. The van der Waals surface area contributed by atoms with Crippen LogP contribution >= 0.6 is 0 Å². The number of nitrogens with zero attached hydrogens (tertiary/aromatic N) is 2. The highest BCUT2D eigenvalue weighted by Crippen LogP contribution is 2.55. The number of rotatable bonds is 2. The Bertz CT molecular complexity index is 370. The summed E-state index contributed by atoms with van der Waals surface area (Å²) in [7, 11) is 1.93. The lowest BCUT2D eigenvalue weighted by Gasteiger charge is -2.10. The van der Waals surface area contributed by atoms with Crippen molar-refractivity contribution in [2.24, 2.45) is 13.0 Å². The first-order valence-corrected chi connectivity index (χ1v) is 5.23. The molecule has 1 aromatic rings. The zero-order valence-electron chi connectivity index (χ0n) is 9.33. The van der Waals surface area contributed by atoms with Gasteiger partial charge in [0.2, 0.25) is 0 Å². The Kier molecular flexibility index (Phi) is 1.96. The van der Waals surface area contributed by atoms with Crippen LogP contribution in [0.25, 0.3) is 0 Å². The van der Waals surface area contributed by atoms with E-state index in [0.29, 0.717) is 5.92 Å². The van der Waals surface area contributed by atoms with E-state index in [2.05, 4.69) is 12.0 Å². The molecule has 0 amide bonds. The highest BCUT2D eigenvalue weighted by Gasteiger charge is 2.55. The Labute approximate surface area is 84.7 Å². The quantitative estimate of drug-likeness (QED) is 0.777. The molecule has 78 valence electrons. The van der Waals surface area contributed by atoms with Crippen LogP contribution in [0.5, 0.6) is 0 Å². The number of hydrogen-bond donors (Lipinski definition) is 1. The van der Waals surface area contributed by atoms with E-state index in [4.69, 9.17) is 0 Å². The van der Waals surface area contributed by atoms with Gasteiger partial charge in [0.1, 0.15) is 0 Å². The van der Waals surface area contributed by atoms with Crippen LogP contribution in [0.3, 0.4) is 0 Å². The maximum Gasteiger partial charge on any atom is 0.0965 e. The largest absolute Gasteiger partial charge is 0.385 e. The van der Waals surface area contributed by atoms with Crippen molar-refractivity contribution >= 4 is 0 Å². The topological polar surface area (TPSA) is 38.1 Å². The maximum atomic E-state index is 10.4. The summed E-state index contributed by atoms with van der Waals surface area (Å²) in [6, 6.07) is 0. The molecule has 0 saturated heterocycles. The first kappa shape index (κ1) is 9.71. The van der Waals surface area contributed by atoms with Crippen LogP contribution in [0, 0.1) is 19.8 Å². The van der Waals surface area contributed by atoms with Crippen LogP contribution in [-0.4, -0.2) is 14.9 Å². The Morgan fingerprint density at radius 2 is 2.21 bits per heavy atom. The molecule has 1 aliphatic carbocycles. The first-order valence-electron chi connectivity index (χ1n) is 5.23. The zero-order valence-corrected chi connectivity index (χ0v) is 9.33. The van der Waals surface area contributed by atoms with E-state index in [0.717, 1.165) is 29.8 Å². The summed E-state index contributed by atoms with van der Waals surface area (Å²) in [5.74, 6) is 0.434. The van der Waals surface area contributed by atoms with E-state index >= 15 is 0 Å². The third kappa shape index (κ3) is 1.12. The zero-order chi connectivity index (χ0) is 10.5. The van der Waals surface area contributed by atoms with E-state index in [1.807, 2.05) is 25.6 Å². The molecule has 0 bridgehead atoms. The van der Waals surface area contributed by atoms with E-state index < -0.39 is 5.60 Å². The van der Waals surface area contributed by atoms with E-state index in [9.17, 15) is 5.11 Å². The predicted octanol–water partition coefficient (Wildman–Crippen LogP) is 1.65. The molecule has 1 saturated carbocycles. The fraction of sp³-hybridized carbons (Fsp3) is 0.727. The molecule has 1 heterocycles. The molecule has 0 aliphatic heterocycles. The van der Waals surface area contributed by atoms with Crippen molar-refractivity contribution in [3.63, 3.8) is 0 Å². The molecule has 0 radical (unpaired) electrons. The summed E-state index contributed by atoms with van der Waals surface area (Å²) in [5, 5.41) is 14.7. The monoisotopic (exact) mass is 194 g/mol. The van der Waals surface area contributed by atoms with Crippen molar-refractivity contribution in [2.75, 3.05) is 0 Å². The minimum atomic E-state index is -0.572. The molecule has 3 nitrogen and oxygen atoms in total. The van der Waals surface area contributed by atoms with Gasteiger partial charge in [-0.3, -0.25) is 4.68 Å². The van der Waals surface area contributed by atoms with Gasteiger partial charge in [0, 0.05) is 18.3 Å². The van der Waals surface area contributed by atoms with Crippen LogP contribution in [0.1, 0.15) is 36.7 Å². The molecule has 0 spiro atoms. The molecular formula is C11H18N2O. The second kappa shape index (κ2) is 2.83. The average molecular weight is 194 g/mol. The van der Waals surface area contributed by atoms with Gasteiger partial charge in [-0.05, 0) is 26.2 Å². The SMILES string of the molecule is CCC1CC1(O)c1c(C)nn(C)c1C. The van der Waals surface area contributed by atoms with Crippen molar-refractivity contribution in [2.45, 2.75) is 39.2 Å². The van der Waals surface area contributed by atoms with Gasteiger partial charge in [-0.1, -0.05) is 13.3 Å². The fourth-order valence-electron chi connectivity index (χ4n) is 2.51. The molecule has 2 atom stereocenters. The molecule has 3 heteroatoms. The molecule has 1 N–H and O–H groups in total. The van der Waals surface area contributed by atoms with Crippen molar-refractivity contribution < 1.29 is 5.11 Å². The third-order valence-corrected chi connectivity index (χ3v) is 3.51. The lowest BCUT2D eigenvalue weighted by Crippen LogP contribution is -2.11. The molecule has 2 unspecified atom stereocenters. The number of aryl methyl sites for hydroxylation is 2. The molecule has 0 aromatic carbocycles.